The zero-order valence-electron chi connectivity index (χ0n) is 17.3. The number of carbonyl (C=O) groups is 2. The van der Waals surface area contributed by atoms with E-state index in [-0.39, 0.29) is 24.3 Å². The van der Waals surface area contributed by atoms with Gasteiger partial charge >= 0.3 is 0 Å². The van der Waals surface area contributed by atoms with Crippen LogP contribution in [0.4, 0.5) is 0 Å². The zero-order chi connectivity index (χ0) is 20.1. The van der Waals surface area contributed by atoms with Crippen LogP contribution in [-0.2, 0) is 14.3 Å². The van der Waals surface area contributed by atoms with Crippen LogP contribution in [0.3, 0.4) is 0 Å². The van der Waals surface area contributed by atoms with Gasteiger partial charge in [-0.05, 0) is 42.9 Å². The van der Waals surface area contributed by atoms with Crippen LogP contribution in [0.5, 0.6) is 5.75 Å². The van der Waals surface area contributed by atoms with E-state index >= 15 is 0 Å². The first kappa shape index (κ1) is 20.6. The molecule has 0 N–H and O–H groups in total. The summed E-state index contributed by atoms with van der Waals surface area (Å²) >= 11 is 0. The van der Waals surface area contributed by atoms with Crippen LogP contribution in [0.1, 0.15) is 43.7 Å². The smallest absolute Gasteiger partial charge is 0.260 e. The van der Waals surface area contributed by atoms with Crippen molar-refractivity contribution in [1.82, 2.24) is 9.80 Å². The van der Waals surface area contributed by atoms with Gasteiger partial charge in [0.25, 0.3) is 5.91 Å². The molecule has 6 heteroatoms. The van der Waals surface area contributed by atoms with Crippen LogP contribution >= 0.6 is 0 Å². The number of aryl methyl sites for hydroxylation is 1. The normalized spacial score (nSPS) is 18.4. The van der Waals surface area contributed by atoms with Gasteiger partial charge < -0.3 is 19.3 Å². The number of piperidine rings is 1. The van der Waals surface area contributed by atoms with Gasteiger partial charge in [0, 0.05) is 32.1 Å². The number of ether oxygens (including phenoxy) is 2. The second kappa shape index (κ2) is 9.41. The summed E-state index contributed by atoms with van der Waals surface area (Å²) in [5.41, 5.74) is 2.24. The van der Waals surface area contributed by atoms with E-state index in [1.165, 1.54) is 0 Å². The standard InChI is InChI=1S/C22H32N2O4/c1-16(2)19-5-4-17(3)14-20(19)28-15-21(25)23-8-6-18(7-9-23)22(26)24-10-12-27-13-11-24/h4-5,14,16,18H,6-13,15H2,1-3H3. The molecular weight excluding hydrogens is 356 g/mol. The lowest BCUT2D eigenvalue weighted by atomic mass is 9.95. The Balaban J connectivity index is 1.49. The topological polar surface area (TPSA) is 59.1 Å². The monoisotopic (exact) mass is 388 g/mol. The molecule has 6 nitrogen and oxygen atoms in total. The van der Waals surface area contributed by atoms with Crippen LogP contribution < -0.4 is 4.74 Å². The minimum Gasteiger partial charge on any atom is -0.483 e. The molecule has 0 aliphatic carbocycles. The van der Waals surface area contributed by atoms with Crippen molar-refractivity contribution in [1.29, 1.82) is 0 Å². The van der Waals surface area contributed by atoms with Crippen molar-refractivity contribution in [3.05, 3.63) is 29.3 Å². The second-order valence-corrected chi connectivity index (χ2v) is 8.08. The van der Waals surface area contributed by atoms with Crippen LogP contribution in [0.2, 0.25) is 0 Å². The minimum atomic E-state index is -0.00603. The van der Waals surface area contributed by atoms with E-state index in [0.29, 0.717) is 45.3 Å². The van der Waals surface area contributed by atoms with E-state index in [9.17, 15) is 9.59 Å². The number of hydrogen-bond donors (Lipinski definition) is 0. The van der Waals surface area contributed by atoms with Gasteiger partial charge in [-0.2, -0.15) is 0 Å². The molecule has 0 aromatic heterocycles. The van der Waals surface area contributed by atoms with Crippen molar-refractivity contribution >= 4 is 11.8 Å². The Kier molecular flexibility index (Phi) is 6.94. The Morgan fingerprint density at radius 2 is 1.79 bits per heavy atom. The second-order valence-electron chi connectivity index (χ2n) is 8.08. The lowest BCUT2D eigenvalue weighted by Gasteiger charge is -2.35. The Morgan fingerprint density at radius 3 is 2.43 bits per heavy atom. The van der Waals surface area contributed by atoms with Crippen LogP contribution in [0.15, 0.2) is 18.2 Å². The zero-order valence-corrected chi connectivity index (χ0v) is 17.3. The van der Waals surface area contributed by atoms with Gasteiger partial charge in [0.15, 0.2) is 6.61 Å². The molecule has 1 aromatic rings. The molecule has 2 amide bonds. The summed E-state index contributed by atoms with van der Waals surface area (Å²) in [6.45, 7) is 10.2. The number of hydrogen-bond acceptors (Lipinski definition) is 4. The third-order valence-electron chi connectivity index (χ3n) is 5.66. The average molecular weight is 389 g/mol. The summed E-state index contributed by atoms with van der Waals surface area (Å²) < 4.78 is 11.2. The van der Waals surface area contributed by atoms with E-state index in [4.69, 9.17) is 9.47 Å². The van der Waals surface area contributed by atoms with E-state index in [2.05, 4.69) is 26.0 Å². The third-order valence-corrected chi connectivity index (χ3v) is 5.66. The van der Waals surface area contributed by atoms with Gasteiger partial charge in [-0.25, -0.2) is 0 Å². The predicted octanol–water partition coefficient (Wildman–Crippen LogP) is 2.59. The van der Waals surface area contributed by atoms with Gasteiger partial charge in [-0.15, -0.1) is 0 Å². The van der Waals surface area contributed by atoms with Crippen molar-refractivity contribution in [2.45, 2.75) is 39.5 Å². The fourth-order valence-electron chi connectivity index (χ4n) is 3.89. The highest BCUT2D eigenvalue weighted by Crippen LogP contribution is 2.28. The van der Waals surface area contributed by atoms with Crippen molar-refractivity contribution < 1.29 is 19.1 Å². The molecule has 0 bridgehead atoms. The number of likely N-dealkylation sites (tertiary alicyclic amines) is 1. The third kappa shape index (κ3) is 5.04. The first-order chi connectivity index (χ1) is 13.5. The maximum Gasteiger partial charge on any atom is 0.260 e. The van der Waals surface area contributed by atoms with Gasteiger partial charge in [-0.3, -0.25) is 9.59 Å². The van der Waals surface area contributed by atoms with Crippen molar-refractivity contribution in [3.8, 4) is 5.75 Å². The first-order valence-electron chi connectivity index (χ1n) is 10.3. The van der Waals surface area contributed by atoms with Gasteiger partial charge in [0.1, 0.15) is 5.75 Å². The first-order valence-corrected chi connectivity index (χ1v) is 10.3. The summed E-state index contributed by atoms with van der Waals surface area (Å²) in [6, 6.07) is 6.14. The summed E-state index contributed by atoms with van der Waals surface area (Å²) in [6.07, 6.45) is 1.45. The van der Waals surface area contributed by atoms with Crippen LogP contribution in [-0.4, -0.2) is 67.6 Å². The summed E-state index contributed by atoms with van der Waals surface area (Å²) in [7, 11) is 0. The van der Waals surface area contributed by atoms with Gasteiger partial charge in [-0.1, -0.05) is 26.0 Å². The molecule has 2 heterocycles. The molecule has 1 aromatic carbocycles. The number of rotatable bonds is 5. The number of morpholine rings is 1. The molecule has 2 aliphatic rings. The summed E-state index contributed by atoms with van der Waals surface area (Å²) in [5, 5.41) is 0. The SMILES string of the molecule is Cc1ccc(C(C)C)c(OCC(=O)N2CCC(C(=O)N3CCOCC3)CC2)c1. The molecule has 3 rings (SSSR count). The van der Waals surface area contributed by atoms with Gasteiger partial charge in [0.05, 0.1) is 13.2 Å². The minimum absolute atomic E-state index is 0.00603. The lowest BCUT2D eigenvalue weighted by molar-refractivity contribution is -0.144. The fraction of sp³-hybridized carbons (Fsp3) is 0.636. The molecular formula is C22H32N2O4. The molecule has 154 valence electrons. The lowest BCUT2D eigenvalue weighted by Crippen LogP contribution is -2.48. The Hall–Kier alpha value is -2.08. The Bertz CT molecular complexity index is 690. The molecule has 0 spiro atoms. The molecule has 2 saturated heterocycles. The number of amides is 2. The van der Waals surface area contributed by atoms with Crippen LogP contribution in [0.25, 0.3) is 0 Å². The molecule has 0 unspecified atom stereocenters. The summed E-state index contributed by atoms with van der Waals surface area (Å²) in [5.74, 6) is 1.36. The van der Waals surface area contributed by atoms with E-state index < -0.39 is 0 Å². The van der Waals surface area contributed by atoms with E-state index in [1.54, 1.807) is 0 Å². The van der Waals surface area contributed by atoms with Crippen molar-refractivity contribution in [3.63, 3.8) is 0 Å². The average Bonchev–Trinajstić information content (AvgIpc) is 2.72. The van der Waals surface area contributed by atoms with E-state index in [1.807, 2.05) is 22.8 Å². The number of nitrogens with zero attached hydrogens (tertiary/aromatic N) is 2. The summed E-state index contributed by atoms with van der Waals surface area (Å²) in [4.78, 5) is 29.0. The Labute approximate surface area is 167 Å². The highest BCUT2D eigenvalue weighted by atomic mass is 16.5. The van der Waals surface area contributed by atoms with Crippen LogP contribution in [0, 0.1) is 12.8 Å². The maximum atomic E-state index is 12.6. The maximum absolute atomic E-state index is 12.6. The van der Waals surface area contributed by atoms with E-state index in [0.717, 1.165) is 29.7 Å². The molecule has 0 saturated carbocycles. The molecule has 0 atom stereocenters. The molecule has 2 fully saturated rings. The fourth-order valence-corrected chi connectivity index (χ4v) is 3.89. The van der Waals surface area contributed by atoms with Crippen molar-refractivity contribution in [2.24, 2.45) is 5.92 Å². The molecule has 2 aliphatic heterocycles. The Morgan fingerprint density at radius 1 is 1.11 bits per heavy atom. The predicted molar refractivity (Wildman–Crippen MR) is 107 cm³/mol. The highest BCUT2D eigenvalue weighted by molar-refractivity contribution is 5.80. The quantitative estimate of drug-likeness (QED) is 0.778. The molecule has 0 radical (unpaired) electrons. The number of benzene rings is 1. The van der Waals surface area contributed by atoms with Gasteiger partial charge in [0.2, 0.25) is 5.91 Å². The highest BCUT2D eigenvalue weighted by Gasteiger charge is 2.31. The van der Waals surface area contributed by atoms with Crippen molar-refractivity contribution in [2.75, 3.05) is 46.0 Å². The number of carbonyl (C=O) groups excluding carboxylic acids is 2. The molecule has 28 heavy (non-hydrogen) atoms. The largest absolute Gasteiger partial charge is 0.483 e.